The second kappa shape index (κ2) is 9.92. The van der Waals surface area contributed by atoms with E-state index in [9.17, 15) is 9.59 Å². The zero-order valence-corrected chi connectivity index (χ0v) is 16.6. The van der Waals surface area contributed by atoms with Crippen LogP contribution in [0.15, 0.2) is 30.3 Å². The monoisotopic (exact) mass is 388 g/mol. The number of aromatic nitrogens is 2. The van der Waals surface area contributed by atoms with Crippen LogP contribution in [0.5, 0.6) is 0 Å². The van der Waals surface area contributed by atoms with Crippen molar-refractivity contribution < 1.29 is 9.59 Å². The smallest absolute Gasteiger partial charge is 0.244 e. The number of benzene rings is 1. The maximum atomic E-state index is 11.9. The van der Waals surface area contributed by atoms with Gasteiger partial charge in [0.05, 0.1) is 18.8 Å². The van der Waals surface area contributed by atoms with Gasteiger partial charge in [-0.2, -0.15) is 5.10 Å². The third kappa shape index (κ3) is 6.25. The van der Waals surface area contributed by atoms with Gasteiger partial charge in [0.15, 0.2) is 0 Å². The van der Waals surface area contributed by atoms with E-state index in [0.29, 0.717) is 23.8 Å². The van der Waals surface area contributed by atoms with Crippen LogP contribution in [0.2, 0.25) is 5.15 Å². The number of hydrogen-bond acceptors (Lipinski definition) is 3. The summed E-state index contributed by atoms with van der Waals surface area (Å²) in [6, 6.07) is 8.16. The molecule has 6 nitrogen and oxygen atoms in total. The Morgan fingerprint density at radius 1 is 1.19 bits per heavy atom. The third-order valence-electron chi connectivity index (χ3n) is 3.96. The fourth-order valence-electron chi connectivity index (χ4n) is 2.44. The summed E-state index contributed by atoms with van der Waals surface area (Å²) in [5.74, 6) is -0.567. The van der Waals surface area contributed by atoms with E-state index in [1.54, 1.807) is 10.8 Å². The molecule has 1 heterocycles. The highest BCUT2D eigenvalue weighted by Gasteiger charge is 2.12. The van der Waals surface area contributed by atoms with Gasteiger partial charge in [0.2, 0.25) is 11.8 Å². The van der Waals surface area contributed by atoms with Crippen LogP contribution in [0, 0.1) is 13.8 Å². The van der Waals surface area contributed by atoms with E-state index in [2.05, 4.69) is 15.7 Å². The van der Waals surface area contributed by atoms with Crippen LogP contribution in [-0.2, 0) is 16.1 Å². The van der Waals surface area contributed by atoms with Crippen molar-refractivity contribution in [2.75, 3.05) is 13.1 Å². The Morgan fingerprint density at radius 2 is 1.89 bits per heavy atom. The molecule has 2 amide bonds. The molecule has 0 atom stereocenters. The van der Waals surface area contributed by atoms with Gasteiger partial charge >= 0.3 is 0 Å². The van der Waals surface area contributed by atoms with Crippen LogP contribution < -0.4 is 10.6 Å². The number of carbonyl (C=O) groups is 2. The van der Waals surface area contributed by atoms with Crippen molar-refractivity contribution in [1.29, 1.82) is 0 Å². The van der Waals surface area contributed by atoms with Crippen molar-refractivity contribution >= 4 is 29.5 Å². The van der Waals surface area contributed by atoms with Crippen molar-refractivity contribution in [3.63, 3.8) is 0 Å². The van der Waals surface area contributed by atoms with Gasteiger partial charge in [0.25, 0.3) is 0 Å². The second-order valence-corrected chi connectivity index (χ2v) is 6.69. The van der Waals surface area contributed by atoms with Gasteiger partial charge in [-0.3, -0.25) is 9.59 Å². The highest BCUT2D eigenvalue weighted by atomic mass is 35.5. The molecule has 2 aromatic rings. The van der Waals surface area contributed by atoms with Crippen molar-refractivity contribution in [2.24, 2.45) is 0 Å². The minimum absolute atomic E-state index is 0.0530. The molecule has 0 aliphatic carbocycles. The third-order valence-corrected chi connectivity index (χ3v) is 4.36. The van der Waals surface area contributed by atoms with Gasteiger partial charge in [0, 0.05) is 18.2 Å². The van der Waals surface area contributed by atoms with Gasteiger partial charge in [-0.25, -0.2) is 4.68 Å². The summed E-state index contributed by atoms with van der Waals surface area (Å²) in [4.78, 5) is 23.4. The largest absolute Gasteiger partial charge is 0.355 e. The topological polar surface area (TPSA) is 76.0 Å². The molecule has 2 N–H and O–H groups in total. The molecule has 0 bridgehead atoms. The quantitative estimate of drug-likeness (QED) is 0.683. The Morgan fingerprint density at radius 3 is 2.56 bits per heavy atom. The molecule has 7 heteroatoms. The van der Waals surface area contributed by atoms with Gasteiger partial charge in [-0.05, 0) is 31.9 Å². The second-order valence-electron chi connectivity index (χ2n) is 6.33. The average molecular weight is 389 g/mol. The lowest BCUT2D eigenvalue weighted by molar-refractivity contribution is -0.123. The Kier molecular flexibility index (Phi) is 7.61. The highest BCUT2D eigenvalue weighted by Crippen LogP contribution is 2.22. The molecular weight excluding hydrogens is 364 g/mol. The van der Waals surface area contributed by atoms with Gasteiger partial charge < -0.3 is 10.6 Å². The van der Waals surface area contributed by atoms with Crippen molar-refractivity contribution in [1.82, 2.24) is 20.4 Å². The zero-order chi connectivity index (χ0) is 19.8. The first-order valence-electron chi connectivity index (χ1n) is 8.91. The number of nitrogens with zero attached hydrogens (tertiary/aromatic N) is 2. The van der Waals surface area contributed by atoms with Crippen LogP contribution >= 0.6 is 11.6 Å². The van der Waals surface area contributed by atoms with Crippen LogP contribution in [-0.4, -0.2) is 34.7 Å². The lowest BCUT2D eigenvalue weighted by Crippen LogP contribution is -2.36. The maximum Gasteiger partial charge on any atom is 0.244 e. The highest BCUT2D eigenvalue weighted by molar-refractivity contribution is 6.31. The standard InChI is InChI=1S/C20H25ClN4O2/c1-4-11-22-19(27)12-23-18(26)10-9-17-15(3)24-25(20(17)21)13-16-7-5-14(2)6-8-16/h5-10H,4,11-13H2,1-3H3,(H,22,27)(H,23,26)/b10-9+. The van der Waals surface area contributed by atoms with E-state index >= 15 is 0 Å². The lowest BCUT2D eigenvalue weighted by atomic mass is 10.1. The molecular formula is C20H25ClN4O2. The van der Waals surface area contributed by atoms with Crippen molar-refractivity contribution in [3.05, 3.63) is 57.9 Å². The Hall–Kier alpha value is -2.60. The molecule has 1 aromatic heterocycles. The minimum Gasteiger partial charge on any atom is -0.355 e. The molecule has 0 saturated carbocycles. The first kappa shape index (κ1) is 20.7. The number of carbonyl (C=O) groups excluding carboxylic acids is 2. The van der Waals surface area contributed by atoms with E-state index in [1.165, 1.54) is 11.6 Å². The van der Waals surface area contributed by atoms with Crippen molar-refractivity contribution in [2.45, 2.75) is 33.7 Å². The molecule has 144 valence electrons. The molecule has 0 radical (unpaired) electrons. The summed E-state index contributed by atoms with van der Waals surface area (Å²) in [5.41, 5.74) is 3.71. The molecule has 27 heavy (non-hydrogen) atoms. The summed E-state index contributed by atoms with van der Waals surface area (Å²) in [7, 11) is 0. The summed E-state index contributed by atoms with van der Waals surface area (Å²) >= 11 is 6.43. The van der Waals surface area contributed by atoms with Crippen LogP contribution in [0.25, 0.3) is 6.08 Å². The van der Waals surface area contributed by atoms with Crippen LogP contribution in [0.1, 0.15) is 35.7 Å². The maximum absolute atomic E-state index is 11.9. The summed E-state index contributed by atoms with van der Waals surface area (Å²) in [6.07, 6.45) is 3.83. The van der Waals surface area contributed by atoms with Gasteiger partial charge in [-0.15, -0.1) is 0 Å². The van der Waals surface area contributed by atoms with Gasteiger partial charge in [-0.1, -0.05) is 48.4 Å². The first-order chi connectivity index (χ1) is 12.9. The molecule has 0 saturated heterocycles. The summed E-state index contributed by atoms with van der Waals surface area (Å²) < 4.78 is 1.71. The Labute approximate surface area is 164 Å². The van der Waals surface area contributed by atoms with Crippen LogP contribution in [0.3, 0.4) is 0 Å². The molecule has 1 aromatic carbocycles. The van der Waals surface area contributed by atoms with E-state index < -0.39 is 0 Å². The Bertz CT molecular complexity index is 825. The van der Waals surface area contributed by atoms with E-state index in [4.69, 9.17) is 11.6 Å². The number of nitrogens with one attached hydrogen (secondary N) is 2. The number of hydrogen-bond donors (Lipinski definition) is 2. The minimum atomic E-state index is -0.358. The van der Waals surface area contributed by atoms with Crippen LogP contribution in [0.4, 0.5) is 0 Å². The molecule has 0 aliphatic rings. The number of halogens is 1. The molecule has 0 spiro atoms. The molecule has 0 fully saturated rings. The predicted octanol–water partition coefficient (Wildman–Crippen LogP) is 2.86. The van der Waals surface area contributed by atoms with Gasteiger partial charge in [0.1, 0.15) is 5.15 Å². The Balaban J connectivity index is 1.99. The average Bonchev–Trinajstić information content (AvgIpc) is 2.91. The number of amides is 2. The predicted molar refractivity (Wildman–Crippen MR) is 108 cm³/mol. The van der Waals surface area contributed by atoms with E-state index in [-0.39, 0.29) is 18.4 Å². The normalized spacial score (nSPS) is 11.0. The summed E-state index contributed by atoms with van der Waals surface area (Å²) in [5, 5.41) is 10.2. The fraction of sp³-hybridized carbons (Fsp3) is 0.350. The first-order valence-corrected chi connectivity index (χ1v) is 9.29. The number of rotatable bonds is 8. The fourth-order valence-corrected chi connectivity index (χ4v) is 2.74. The SMILES string of the molecule is CCCNC(=O)CNC(=O)/C=C/c1c(C)nn(Cc2ccc(C)cc2)c1Cl. The zero-order valence-electron chi connectivity index (χ0n) is 15.9. The number of aryl methyl sites for hydroxylation is 2. The molecule has 0 aliphatic heterocycles. The summed E-state index contributed by atoms with van der Waals surface area (Å²) in [6.45, 7) is 6.94. The van der Waals surface area contributed by atoms with E-state index in [1.807, 2.05) is 45.0 Å². The lowest BCUT2D eigenvalue weighted by Gasteiger charge is -2.04. The van der Waals surface area contributed by atoms with Crippen molar-refractivity contribution in [3.8, 4) is 0 Å². The molecule has 2 rings (SSSR count). The molecule has 0 unspecified atom stereocenters. The van der Waals surface area contributed by atoms with E-state index in [0.717, 1.165) is 17.7 Å².